The molecular formula is C14H19ClFNO. The first kappa shape index (κ1) is 13.8. The van der Waals surface area contributed by atoms with Crippen LogP contribution in [-0.2, 0) is 11.2 Å². The van der Waals surface area contributed by atoms with Crippen LogP contribution in [0.15, 0.2) is 18.2 Å². The average Bonchev–Trinajstić information content (AvgIpc) is 2.29. The van der Waals surface area contributed by atoms with Crippen molar-refractivity contribution < 1.29 is 9.13 Å². The van der Waals surface area contributed by atoms with Crippen LogP contribution < -0.4 is 5.73 Å². The highest BCUT2D eigenvalue weighted by Crippen LogP contribution is 2.39. The smallest absolute Gasteiger partial charge is 0.127 e. The number of benzene rings is 1. The topological polar surface area (TPSA) is 35.2 Å². The molecule has 1 saturated carbocycles. The Morgan fingerprint density at radius 1 is 1.50 bits per heavy atom. The summed E-state index contributed by atoms with van der Waals surface area (Å²) in [6.07, 6.45) is 4.48. The molecule has 1 unspecified atom stereocenters. The largest absolute Gasteiger partial charge is 0.378 e. The van der Waals surface area contributed by atoms with Gasteiger partial charge in [-0.25, -0.2) is 4.39 Å². The average molecular weight is 272 g/mol. The molecular weight excluding hydrogens is 253 g/mol. The first-order valence-electron chi connectivity index (χ1n) is 6.30. The highest BCUT2D eigenvalue weighted by Gasteiger charge is 2.38. The summed E-state index contributed by atoms with van der Waals surface area (Å²) in [5.41, 5.74) is 6.53. The Hall–Kier alpha value is -0.640. The Labute approximate surface area is 112 Å². The second-order valence-electron chi connectivity index (χ2n) is 5.11. The molecule has 2 nitrogen and oxygen atoms in total. The molecule has 1 aromatic rings. The summed E-state index contributed by atoms with van der Waals surface area (Å²) in [5, 5.41) is 0.450. The standard InChI is InChI=1S/C14H19ClFNO/c1-18-14(6-3-7-14)9-10(17)8-11-12(15)4-2-5-13(11)16/h2,4-5,10H,3,6-9,17H2,1H3. The summed E-state index contributed by atoms with van der Waals surface area (Å²) in [7, 11) is 1.72. The minimum Gasteiger partial charge on any atom is -0.378 e. The van der Waals surface area contributed by atoms with Crippen molar-refractivity contribution in [1.82, 2.24) is 0 Å². The lowest BCUT2D eigenvalue weighted by Gasteiger charge is -2.42. The van der Waals surface area contributed by atoms with E-state index in [0.717, 1.165) is 19.3 Å². The molecule has 0 bridgehead atoms. The first-order chi connectivity index (χ1) is 8.56. The zero-order valence-electron chi connectivity index (χ0n) is 10.6. The maximum atomic E-state index is 13.7. The van der Waals surface area contributed by atoms with Crippen molar-refractivity contribution in [2.45, 2.75) is 43.7 Å². The van der Waals surface area contributed by atoms with E-state index in [1.54, 1.807) is 19.2 Å². The lowest BCUT2D eigenvalue weighted by Crippen LogP contribution is -2.45. The van der Waals surface area contributed by atoms with E-state index in [2.05, 4.69) is 0 Å². The fraction of sp³-hybridized carbons (Fsp3) is 0.571. The van der Waals surface area contributed by atoms with Gasteiger partial charge in [-0.2, -0.15) is 0 Å². The lowest BCUT2D eigenvalue weighted by molar-refractivity contribution is -0.0813. The molecule has 0 heterocycles. The third-order valence-electron chi connectivity index (χ3n) is 3.86. The van der Waals surface area contributed by atoms with Crippen molar-refractivity contribution in [1.29, 1.82) is 0 Å². The van der Waals surface area contributed by atoms with Gasteiger partial charge in [0.05, 0.1) is 5.60 Å². The van der Waals surface area contributed by atoms with Gasteiger partial charge in [0.25, 0.3) is 0 Å². The Bertz CT molecular complexity index is 394. The van der Waals surface area contributed by atoms with Crippen molar-refractivity contribution in [2.24, 2.45) is 5.73 Å². The second kappa shape index (κ2) is 5.55. The van der Waals surface area contributed by atoms with Gasteiger partial charge >= 0.3 is 0 Å². The highest BCUT2D eigenvalue weighted by atomic mass is 35.5. The van der Waals surface area contributed by atoms with Gasteiger partial charge in [-0.1, -0.05) is 17.7 Å². The normalized spacial score (nSPS) is 19.3. The summed E-state index contributed by atoms with van der Waals surface area (Å²) in [4.78, 5) is 0. The van der Waals surface area contributed by atoms with Crippen molar-refractivity contribution >= 4 is 11.6 Å². The number of rotatable bonds is 5. The van der Waals surface area contributed by atoms with Gasteiger partial charge in [0.2, 0.25) is 0 Å². The van der Waals surface area contributed by atoms with Gasteiger partial charge in [0, 0.05) is 23.7 Å². The molecule has 0 amide bonds. The monoisotopic (exact) mass is 271 g/mol. The zero-order valence-corrected chi connectivity index (χ0v) is 11.3. The summed E-state index contributed by atoms with van der Waals surface area (Å²) in [6, 6.07) is 4.60. The van der Waals surface area contributed by atoms with E-state index in [1.807, 2.05) is 0 Å². The molecule has 0 radical (unpaired) electrons. The molecule has 1 atom stereocenters. The Morgan fingerprint density at radius 3 is 2.72 bits per heavy atom. The third-order valence-corrected chi connectivity index (χ3v) is 4.21. The Balaban J connectivity index is 2.01. The van der Waals surface area contributed by atoms with Gasteiger partial charge < -0.3 is 10.5 Å². The summed E-state index contributed by atoms with van der Waals surface area (Å²) in [5.74, 6) is -0.280. The molecule has 2 N–H and O–H groups in total. The van der Waals surface area contributed by atoms with Crippen molar-refractivity contribution in [3.8, 4) is 0 Å². The van der Waals surface area contributed by atoms with Gasteiger partial charge in [0.1, 0.15) is 5.82 Å². The van der Waals surface area contributed by atoms with Gasteiger partial charge in [-0.3, -0.25) is 0 Å². The number of nitrogens with two attached hydrogens (primary N) is 1. The van der Waals surface area contributed by atoms with Crippen LogP contribution in [0.3, 0.4) is 0 Å². The predicted octanol–water partition coefficient (Wildman–Crippen LogP) is 3.31. The molecule has 18 heavy (non-hydrogen) atoms. The minimum absolute atomic E-state index is 0.0862. The first-order valence-corrected chi connectivity index (χ1v) is 6.68. The third kappa shape index (κ3) is 2.85. The number of hydrogen-bond acceptors (Lipinski definition) is 2. The van der Waals surface area contributed by atoms with Crippen LogP contribution in [0.4, 0.5) is 4.39 Å². The molecule has 0 aliphatic heterocycles. The molecule has 0 saturated heterocycles. The maximum Gasteiger partial charge on any atom is 0.127 e. The van der Waals surface area contributed by atoms with Crippen LogP contribution in [0.2, 0.25) is 5.02 Å². The summed E-state index contributed by atoms with van der Waals surface area (Å²) < 4.78 is 19.2. The summed E-state index contributed by atoms with van der Waals surface area (Å²) >= 11 is 6.00. The molecule has 100 valence electrons. The van der Waals surface area contributed by atoms with Gasteiger partial charge in [-0.05, 0) is 44.2 Å². The van der Waals surface area contributed by atoms with Crippen LogP contribution in [-0.4, -0.2) is 18.8 Å². The van der Waals surface area contributed by atoms with E-state index >= 15 is 0 Å². The highest BCUT2D eigenvalue weighted by molar-refractivity contribution is 6.31. The Morgan fingerprint density at radius 2 is 2.22 bits per heavy atom. The van der Waals surface area contributed by atoms with E-state index in [0.29, 0.717) is 17.0 Å². The van der Waals surface area contributed by atoms with Crippen LogP contribution in [0, 0.1) is 5.82 Å². The van der Waals surface area contributed by atoms with Crippen molar-refractivity contribution in [2.75, 3.05) is 7.11 Å². The van der Waals surface area contributed by atoms with Crippen LogP contribution in [0.25, 0.3) is 0 Å². The van der Waals surface area contributed by atoms with E-state index < -0.39 is 0 Å². The lowest BCUT2D eigenvalue weighted by atomic mass is 9.75. The quantitative estimate of drug-likeness (QED) is 0.892. The van der Waals surface area contributed by atoms with E-state index in [4.69, 9.17) is 22.1 Å². The second-order valence-corrected chi connectivity index (χ2v) is 5.52. The van der Waals surface area contributed by atoms with E-state index in [9.17, 15) is 4.39 Å². The van der Waals surface area contributed by atoms with Gasteiger partial charge in [0.15, 0.2) is 0 Å². The molecule has 4 heteroatoms. The van der Waals surface area contributed by atoms with Crippen LogP contribution in [0.5, 0.6) is 0 Å². The molecule has 0 aromatic heterocycles. The fourth-order valence-electron chi connectivity index (χ4n) is 2.60. The molecule has 1 aliphatic rings. The SMILES string of the molecule is COC1(CC(N)Cc2c(F)cccc2Cl)CCC1. The van der Waals surface area contributed by atoms with Crippen LogP contribution >= 0.6 is 11.6 Å². The fourth-order valence-corrected chi connectivity index (χ4v) is 2.84. The Kier molecular flexibility index (Phi) is 4.25. The molecule has 1 aromatic carbocycles. The van der Waals surface area contributed by atoms with E-state index in [-0.39, 0.29) is 17.5 Å². The number of methoxy groups -OCH3 is 1. The van der Waals surface area contributed by atoms with Crippen molar-refractivity contribution in [3.05, 3.63) is 34.6 Å². The molecule has 2 rings (SSSR count). The predicted molar refractivity (Wildman–Crippen MR) is 71.3 cm³/mol. The van der Waals surface area contributed by atoms with Gasteiger partial charge in [-0.15, -0.1) is 0 Å². The maximum absolute atomic E-state index is 13.7. The number of halogens is 2. The van der Waals surface area contributed by atoms with E-state index in [1.165, 1.54) is 12.5 Å². The zero-order chi connectivity index (χ0) is 13.2. The number of ether oxygens (including phenoxy) is 1. The minimum atomic E-state index is -0.280. The summed E-state index contributed by atoms with van der Waals surface area (Å²) in [6.45, 7) is 0. The molecule has 0 spiro atoms. The number of hydrogen-bond donors (Lipinski definition) is 1. The molecule has 1 aliphatic carbocycles. The molecule has 1 fully saturated rings. The van der Waals surface area contributed by atoms with Crippen LogP contribution in [0.1, 0.15) is 31.2 Å². The van der Waals surface area contributed by atoms with Crippen molar-refractivity contribution in [3.63, 3.8) is 0 Å².